The molecule has 4 nitrogen and oxygen atoms in total. The van der Waals surface area contributed by atoms with Crippen molar-refractivity contribution in [3.8, 4) is 5.75 Å². The second-order valence-electron chi connectivity index (χ2n) is 6.42. The maximum Gasteiger partial charge on any atom is 0.258 e. The second kappa shape index (κ2) is 8.80. The summed E-state index contributed by atoms with van der Waals surface area (Å²) in [7, 11) is 1.61. The molecule has 0 aliphatic carbocycles. The van der Waals surface area contributed by atoms with Crippen LogP contribution in [0.4, 0.5) is 0 Å². The fourth-order valence-corrected chi connectivity index (χ4v) is 3.93. The van der Waals surface area contributed by atoms with Crippen LogP contribution in [0, 0.1) is 0 Å². The van der Waals surface area contributed by atoms with Gasteiger partial charge in [-0.05, 0) is 36.6 Å². The summed E-state index contributed by atoms with van der Waals surface area (Å²) < 4.78 is 5.43. The molecule has 0 radical (unpaired) electrons. The molecule has 1 amide bonds. The van der Waals surface area contributed by atoms with Gasteiger partial charge in [-0.2, -0.15) is 0 Å². The molecule has 1 saturated heterocycles. The minimum atomic E-state index is 0.0521. The molecule has 26 heavy (non-hydrogen) atoms. The van der Waals surface area contributed by atoms with Gasteiger partial charge in [-0.25, -0.2) is 0 Å². The number of halogens is 1. The molecule has 0 atom stereocenters. The number of nitrogens with one attached hydrogen (secondary N) is 1. The zero-order chi connectivity index (χ0) is 18.5. The monoisotopic (exact) mass is 391 g/mol. The normalized spacial score (nSPS) is 15.1. The van der Waals surface area contributed by atoms with Gasteiger partial charge in [0.2, 0.25) is 0 Å². The van der Waals surface area contributed by atoms with E-state index in [-0.39, 0.29) is 5.91 Å². The number of benzene rings is 2. The highest BCUT2D eigenvalue weighted by molar-refractivity contribution is 7.98. The Labute approximate surface area is 164 Å². The minimum absolute atomic E-state index is 0.0521. The zero-order valence-corrected chi connectivity index (χ0v) is 16.7. The molecule has 1 heterocycles. The molecular formula is C20H24ClN2O2S+. The summed E-state index contributed by atoms with van der Waals surface area (Å²) in [4.78, 5) is 17.4. The Bertz CT molecular complexity index is 776. The van der Waals surface area contributed by atoms with Crippen LogP contribution in [0.1, 0.15) is 15.9 Å². The molecule has 1 aliphatic rings. The van der Waals surface area contributed by atoms with E-state index in [1.807, 2.05) is 47.6 Å². The summed E-state index contributed by atoms with van der Waals surface area (Å²) in [6.45, 7) is 4.31. The van der Waals surface area contributed by atoms with E-state index in [1.54, 1.807) is 18.9 Å². The van der Waals surface area contributed by atoms with Crippen molar-refractivity contribution in [1.82, 2.24) is 4.90 Å². The number of amides is 1. The van der Waals surface area contributed by atoms with Gasteiger partial charge in [-0.15, -0.1) is 11.8 Å². The largest absolute Gasteiger partial charge is 0.496 e. The van der Waals surface area contributed by atoms with Crippen molar-refractivity contribution in [3.63, 3.8) is 0 Å². The van der Waals surface area contributed by atoms with Gasteiger partial charge < -0.3 is 14.5 Å². The fourth-order valence-electron chi connectivity index (χ4n) is 3.28. The third-order valence-corrected chi connectivity index (χ3v) is 5.70. The van der Waals surface area contributed by atoms with E-state index in [2.05, 4.69) is 6.07 Å². The van der Waals surface area contributed by atoms with E-state index in [4.69, 9.17) is 16.3 Å². The number of carbonyl (C=O) groups is 1. The summed E-state index contributed by atoms with van der Waals surface area (Å²) in [5.74, 6) is 0.701. The van der Waals surface area contributed by atoms with Gasteiger partial charge in [-0.3, -0.25) is 4.79 Å². The number of thioether (sulfide) groups is 1. The van der Waals surface area contributed by atoms with Crippen molar-refractivity contribution in [2.75, 3.05) is 39.5 Å². The quantitative estimate of drug-likeness (QED) is 0.795. The molecule has 1 aliphatic heterocycles. The average molecular weight is 392 g/mol. The van der Waals surface area contributed by atoms with Crippen LogP contribution < -0.4 is 9.64 Å². The zero-order valence-electron chi connectivity index (χ0n) is 15.1. The lowest BCUT2D eigenvalue weighted by Crippen LogP contribution is -3.13. The lowest BCUT2D eigenvalue weighted by atomic mass is 10.1. The highest BCUT2D eigenvalue weighted by Gasteiger charge is 2.26. The van der Waals surface area contributed by atoms with Crippen molar-refractivity contribution in [2.24, 2.45) is 0 Å². The number of rotatable bonds is 5. The Morgan fingerprint density at radius 3 is 2.65 bits per heavy atom. The van der Waals surface area contributed by atoms with Gasteiger partial charge >= 0.3 is 0 Å². The van der Waals surface area contributed by atoms with Crippen LogP contribution >= 0.6 is 23.4 Å². The SMILES string of the molecule is COc1cc(SC)ccc1C(=O)N1CC[NH+](Cc2cccc(Cl)c2)CC1. The molecular weight excluding hydrogens is 368 g/mol. The average Bonchev–Trinajstić information content (AvgIpc) is 2.67. The van der Waals surface area contributed by atoms with E-state index in [9.17, 15) is 4.79 Å². The van der Waals surface area contributed by atoms with E-state index in [0.29, 0.717) is 11.3 Å². The van der Waals surface area contributed by atoms with Crippen molar-refractivity contribution >= 4 is 29.3 Å². The van der Waals surface area contributed by atoms with Gasteiger partial charge in [0.1, 0.15) is 12.3 Å². The first-order valence-corrected chi connectivity index (χ1v) is 10.3. The van der Waals surface area contributed by atoms with Gasteiger partial charge in [-0.1, -0.05) is 23.7 Å². The van der Waals surface area contributed by atoms with Crippen LogP contribution in [0.15, 0.2) is 47.4 Å². The van der Waals surface area contributed by atoms with Crippen LogP contribution in [0.5, 0.6) is 5.75 Å². The standard InChI is InChI=1S/C20H23ClN2O2S/c1-25-19-13-17(26-2)6-7-18(19)20(24)23-10-8-22(9-11-23)14-15-4-3-5-16(21)12-15/h3-7,12-13H,8-11,14H2,1-2H3/p+1. The molecule has 138 valence electrons. The first kappa shape index (κ1) is 19.1. The summed E-state index contributed by atoms with van der Waals surface area (Å²) in [6.07, 6.45) is 2.01. The molecule has 0 spiro atoms. The van der Waals surface area contributed by atoms with E-state index in [0.717, 1.165) is 42.6 Å². The first-order chi connectivity index (χ1) is 12.6. The molecule has 1 N–H and O–H groups in total. The molecule has 0 unspecified atom stereocenters. The van der Waals surface area contributed by atoms with E-state index in [1.165, 1.54) is 10.5 Å². The molecule has 2 aromatic rings. The smallest absolute Gasteiger partial charge is 0.258 e. The van der Waals surface area contributed by atoms with Gasteiger partial charge in [0.15, 0.2) is 0 Å². The van der Waals surface area contributed by atoms with Crippen molar-refractivity contribution in [3.05, 3.63) is 58.6 Å². The third kappa shape index (κ3) is 4.53. The van der Waals surface area contributed by atoms with Crippen molar-refractivity contribution in [1.29, 1.82) is 0 Å². The highest BCUT2D eigenvalue weighted by atomic mass is 35.5. The molecule has 0 saturated carbocycles. The number of nitrogens with zero attached hydrogens (tertiary/aromatic N) is 1. The molecule has 3 rings (SSSR count). The molecule has 1 fully saturated rings. The summed E-state index contributed by atoms with van der Waals surface area (Å²) in [5, 5.41) is 0.775. The van der Waals surface area contributed by atoms with Gasteiger partial charge in [0.05, 0.1) is 38.9 Å². The van der Waals surface area contributed by atoms with E-state index >= 15 is 0 Å². The van der Waals surface area contributed by atoms with Crippen LogP contribution in [0.3, 0.4) is 0 Å². The first-order valence-electron chi connectivity index (χ1n) is 8.70. The lowest BCUT2D eigenvalue weighted by molar-refractivity contribution is -0.917. The Morgan fingerprint density at radius 1 is 1.23 bits per heavy atom. The van der Waals surface area contributed by atoms with Crippen molar-refractivity contribution < 1.29 is 14.4 Å². The molecule has 6 heteroatoms. The van der Waals surface area contributed by atoms with Crippen LogP contribution in [-0.2, 0) is 6.54 Å². The van der Waals surface area contributed by atoms with Crippen LogP contribution in [0.2, 0.25) is 5.02 Å². The molecule has 2 aromatic carbocycles. The van der Waals surface area contributed by atoms with Gasteiger partial charge in [0, 0.05) is 15.5 Å². The Morgan fingerprint density at radius 2 is 2.00 bits per heavy atom. The number of methoxy groups -OCH3 is 1. The Hall–Kier alpha value is -1.69. The highest BCUT2D eigenvalue weighted by Crippen LogP contribution is 2.26. The number of piperazine rings is 1. The lowest BCUT2D eigenvalue weighted by Gasteiger charge is -2.32. The fraction of sp³-hybridized carbons (Fsp3) is 0.350. The maximum atomic E-state index is 12.9. The number of quaternary nitrogens is 1. The summed E-state index contributed by atoms with van der Waals surface area (Å²) in [6, 6.07) is 13.8. The van der Waals surface area contributed by atoms with Crippen LogP contribution in [0.25, 0.3) is 0 Å². The number of hydrogen-bond donors (Lipinski definition) is 1. The third-order valence-electron chi connectivity index (χ3n) is 4.74. The van der Waals surface area contributed by atoms with E-state index < -0.39 is 0 Å². The minimum Gasteiger partial charge on any atom is -0.496 e. The summed E-state index contributed by atoms with van der Waals surface area (Å²) >= 11 is 7.71. The second-order valence-corrected chi connectivity index (χ2v) is 7.73. The van der Waals surface area contributed by atoms with Crippen LogP contribution in [-0.4, -0.2) is 50.4 Å². The predicted molar refractivity (Wildman–Crippen MR) is 107 cm³/mol. The number of carbonyl (C=O) groups excluding carboxylic acids is 1. The molecule has 0 bridgehead atoms. The molecule has 0 aromatic heterocycles. The number of hydrogen-bond acceptors (Lipinski definition) is 3. The topological polar surface area (TPSA) is 34.0 Å². The predicted octanol–water partition coefficient (Wildman–Crippen LogP) is 2.61. The van der Waals surface area contributed by atoms with Gasteiger partial charge in [0.25, 0.3) is 5.91 Å². The number of ether oxygens (including phenoxy) is 1. The Balaban J connectivity index is 1.62. The Kier molecular flexibility index (Phi) is 6.46. The summed E-state index contributed by atoms with van der Waals surface area (Å²) in [5.41, 5.74) is 1.88. The maximum absolute atomic E-state index is 12.9. The van der Waals surface area contributed by atoms with Crippen molar-refractivity contribution in [2.45, 2.75) is 11.4 Å².